The summed E-state index contributed by atoms with van der Waals surface area (Å²) in [6.45, 7) is 4.52. The molecule has 0 aliphatic carbocycles. The molecule has 0 fully saturated rings. The molecule has 1 N–H and O–H groups in total. The standard InChI is InChI=1S/C32H37Cl2N3O6S/c1-22(2)35-32(39)28(19-23-9-5-4-6-10-23)36(21-25-26(33)11-7-12-27(25)34)31(38)13-8-16-37(44(3,40)41)24-14-15-29-30(20-24)43-18-17-42-29/h4-7,9-12,14-15,20,22,28H,8,13,16-19,21H2,1-3H3,(H,35,39)/t28-/m0/s1. The second-order valence-electron chi connectivity index (χ2n) is 10.9. The van der Waals surface area contributed by atoms with Crippen LogP contribution in [0, 0.1) is 0 Å². The number of sulfonamides is 1. The zero-order chi connectivity index (χ0) is 31.9. The van der Waals surface area contributed by atoms with Crippen molar-refractivity contribution in [3.63, 3.8) is 0 Å². The van der Waals surface area contributed by atoms with Gasteiger partial charge in [-0.3, -0.25) is 13.9 Å². The molecule has 2 amide bonds. The van der Waals surface area contributed by atoms with Crippen molar-refractivity contribution in [2.24, 2.45) is 0 Å². The highest BCUT2D eigenvalue weighted by atomic mass is 35.5. The number of rotatable bonds is 13. The van der Waals surface area contributed by atoms with Gasteiger partial charge in [0.15, 0.2) is 11.5 Å². The fraction of sp³-hybridized carbons (Fsp3) is 0.375. The molecular formula is C32H37Cl2N3O6S. The molecule has 0 saturated heterocycles. The van der Waals surface area contributed by atoms with Crippen LogP contribution in [0.5, 0.6) is 11.5 Å². The zero-order valence-electron chi connectivity index (χ0n) is 25.0. The Bertz CT molecular complexity index is 1550. The number of carbonyl (C=O) groups excluding carboxylic acids is 2. The molecule has 236 valence electrons. The molecule has 0 aromatic heterocycles. The van der Waals surface area contributed by atoms with E-state index < -0.39 is 16.1 Å². The van der Waals surface area contributed by atoms with Crippen molar-refractivity contribution in [2.75, 3.05) is 30.3 Å². The molecule has 44 heavy (non-hydrogen) atoms. The summed E-state index contributed by atoms with van der Waals surface area (Å²) in [6.07, 6.45) is 1.54. The Hall–Kier alpha value is -3.47. The first-order valence-corrected chi connectivity index (χ1v) is 17.0. The number of amides is 2. The fourth-order valence-corrected chi connectivity index (χ4v) is 6.45. The van der Waals surface area contributed by atoms with Gasteiger partial charge in [-0.05, 0) is 50.1 Å². The molecule has 12 heteroatoms. The molecule has 3 aromatic carbocycles. The van der Waals surface area contributed by atoms with E-state index in [2.05, 4.69) is 5.32 Å². The number of anilines is 1. The third kappa shape index (κ3) is 8.80. The Balaban J connectivity index is 1.61. The fourth-order valence-electron chi connectivity index (χ4n) is 4.98. The number of nitrogens with one attached hydrogen (secondary N) is 1. The van der Waals surface area contributed by atoms with Crippen molar-refractivity contribution >= 4 is 50.7 Å². The molecule has 0 bridgehead atoms. The second-order valence-corrected chi connectivity index (χ2v) is 13.6. The maximum absolute atomic E-state index is 14.0. The normalized spacial score (nSPS) is 13.3. The zero-order valence-corrected chi connectivity index (χ0v) is 27.3. The number of hydrogen-bond donors (Lipinski definition) is 1. The van der Waals surface area contributed by atoms with Gasteiger partial charge < -0.3 is 19.7 Å². The summed E-state index contributed by atoms with van der Waals surface area (Å²) < 4.78 is 38.0. The van der Waals surface area contributed by atoms with E-state index in [0.29, 0.717) is 46.0 Å². The van der Waals surface area contributed by atoms with Crippen molar-refractivity contribution in [2.45, 2.75) is 51.7 Å². The molecule has 1 aliphatic rings. The predicted octanol–water partition coefficient (Wildman–Crippen LogP) is 5.48. The van der Waals surface area contributed by atoms with Gasteiger partial charge in [-0.25, -0.2) is 8.42 Å². The van der Waals surface area contributed by atoms with Crippen LogP contribution >= 0.6 is 23.2 Å². The lowest BCUT2D eigenvalue weighted by Crippen LogP contribution is -2.52. The number of hydrogen-bond acceptors (Lipinski definition) is 6. The van der Waals surface area contributed by atoms with Crippen LogP contribution in [0.25, 0.3) is 0 Å². The maximum Gasteiger partial charge on any atom is 0.243 e. The van der Waals surface area contributed by atoms with Crippen LogP contribution in [0.1, 0.15) is 37.8 Å². The molecule has 3 aromatic rings. The van der Waals surface area contributed by atoms with E-state index in [0.717, 1.165) is 11.8 Å². The van der Waals surface area contributed by atoms with E-state index in [1.165, 1.54) is 9.21 Å². The molecule has 1 atom stereocenters. The number of ether oxygens (including phenoxy) is 2. The monoisotopic (exact) mass is 661 g/mol. The molecule has 4 rings (SSSR count). The van der Waals surface area contributed by atoms with Gasteiger partial charge >= 0.3 is 0 Å². The van der Waals surface area contributed by atoms with E-state index in [1.807, 2.05) is 44.2 Å². The largest absolute Gasteiger partial charge is 0.486 e. The Labute approximate surface area is 269 Å². The first kappa shape index (κ1) is 33.4. The number of benzene rings is 3. The first-order valence-electron chi connectivity index (χ1n) is 14.4. The molecule has 0 saturated carbocycles. The summed E-state index contributed by atoms with van der Waals surface area (Å²) >= 11 is 13.0. The summed E-state index contributed by atoms with van der Waals surface area (Å²) in [5, 5.41) is 3.70. The third-order valence-electron chi connectivity index (χ3n) is 7.06. The average Bonchev–Trinajstić information content (AvgIpc) is 2.97. The summed E-state index contributed by atoms with van der Waals surface area (Å²) in [5.41, 5.74) is 1.80. The van der Waals surface area contributed by atoms with Crippen LogP contribution in [-0.2, 0) is 32.6 Å². The van der Waals surface area contributed by atoms with Gasteiger partial charge in [0.2, 0.25) is 21.8 Å². The number of carbonyl (C=O) groups is 2. The minimum Gasteiger partial charge on any atom is -0.486 e. The average molecular weight is 663 g/mol. The molecule has 1 aliphatic heterocycles. The number of halogens is 2. The Morgan fingerprint density at radius 1 is 0.932 bits per heavy atom. The van der Waals surface area contributed by atoms with Crippen molar-refractivity contribution in [1.29, 1.82) is 0 Å². The smallest absolute Gasteiger partial charge is 0.243 e. The van der Waals surface area contributed by atoms with Gasteiger partial charge in [0.25, 0.3) is 0 Å². The van der Waals surface area contributed by atoms with Crippen molar-refractivity contribution in [3.8, 4) is 11.5 Å². The van der Waals surface area contributed by atoms with E-state index in [9.17, 15) is 18.0 Å². The van der Waals surface area contributed by atoms with Crippen molar-refractivity contribution in [1.82, 2.24) is 10.2 Å². The lowest BCUT2D eigenvalue weighted by Gasteiger charge is -2.33. The quantitative estimate of drug-likeness (QED) is 0.260. The first-order chi connectivity index (χ1) is 20.9. The van der Waals surface area contributed by atoms with E-state index in [4.69, 9.17) is 32.7 Å². The third-order valence-corrected chi connectivity index (χ3v) is 8.96. The van der Waals surface area contributed by atoms with Crippen LogP contribution in [0.2, 0.25) is 10.0 Å². The van der Waals surface area contributed by atoms with Gasteiger partial charge in [-0.2, -0.15) is 0 Å². The molecule has 0 spiro atoms. The molecular weight excluding hydrogens is 625 g/mol. The van der Waals surface area contributed by atoms with Gasteiger partial charge in [0.05, 0.1) is 11.9 Å². The van der Waals surface area contributed by atoms with Crippen LogP contribution in [0.4, 0.5) is 5.69 Å². The van der Waals surface area contributed by atoms with Crippen LogP contribution in [-0.4, -0.2) is 63.2 Å². The van der Waals surface area contributed by atoms with Crippen molar-refractivity contribution < 1.29 is 27.5 Å². The Morgan fingerprint density at radius 3 is 2.23 bits per heavy atom. The van der Waals surface area contributed by atoms with E-state index >= 15 is 0 Å². The topological polar surface area (TPSA) is 105 Å². The number of nitrogens with zero attached hydrogens (tertiary/aromatic N) is 2. The molecule has 0 unspecified atom stereocenters. The summed E-state index contributed by atoms with van der Waals surface area (Å²) in [4.78, 5) is 29.1. The van der Waals surface area contributed by atoms with Gasteiger partial charge in [0, 0.05) is 53.6 Å². The minimum atomic E-state index is -3.69. The number of fused-ring (bicyclic) bond motifs is 1. The highest BCUT2D eigenvalue weighted by Gasteiger charge is 2.32. The highest BCUT2D eigenvalue weighted by Crippen LogP contribution is 2.35. The van der Waals surface area contributed by atoms with E-state index in [1.54, 1.807) is 36.4 Å². The molecule has 1 heterocycles. The maximum atomic E-state index is 14.0. The lowest BCUT2D eigenvalue weighted by atomic mass is 10.0. The SMILES string of the molecule is CC(C)NC(=O)[C@H](Cc1ccccc1)N(Cc1c(Cl)cccc1Cl)C(=O)CCCN(c1ccc2c(c1)OCCO2)S(C)(=O)=O. The Kier molecular flexibility index (Phi) is 11.4. The van der Waals surface area contributed by atoms with Crippen LogP contribution in [0.15, 0.2) is 66.7 Å². The summed E-state index contributed by atoms with van der Waals surface area (Å²) in [7, 11) is -3.69. The Morgan fingerprint density at radius 2 is 1.59 bits per heavy atom. The summed E-state index contributed by atoms with van der Waals surface area (Å²) in [6, 6.07) is 18.4. The second kappa shape index (κ2) is 15.0. The molecule has 9 nitrogen and oxygen atoms in total. The van der Waals surface area contributed by atoms with Crippen LogP contribution in [0.3, 0.4) is 0 Å². The highest BCUT2D eigenvalue weighted by molar-refractivity contribution is 7.92. The van der Waals surface area contributed by atoms with Crippen LogP contribution < -0.4 is 19.1 Å². The summed E-state index contributed by atoms with van der Waals surface area (Å²) in [5.74, 6) is 0.355. The van der Waals surface area contributed by atoms with E-state index in [-0.39, 0.29) is 50.2 Å². The van der Waals surface area contributed by atoms with Gasteiger partial charge in [-0.15, -0.1) is 0 Å². The minimum absolute atomic E-state index is 0.00168. The lowest BCUT2D eigenvalue weighted by molar-refractivity contribution is -0.141. The van der Waals surface area contributed by atoms with Gasteiger partial charge in [0.1, 0.15) is 19.3 Å². The van der Waals surface area contributed by atoms with Crippen molar-refractivity contribution in [3.05, 3.63) is 87.9 Å². The van der Waals surface area contributed by atoms with Gasteiger partial charge in [-0.1, -0.05) is 59.6 Å². The molecule has 0 radical (unpaired) electrons. The predicted molar refractivity (Wildman–Crippen MR) is 173 cm³/mol.